The first-order valence-electron chi connectivity index (χ1n) is 13.9. The number of aryl methyl sites for hydroxylation is 1. The fourth-order valence-electron chi connectivity index (χ4n) is 5.21. The minimum absolute atomic E-state index is 0.0378. The lowest BCUT2D eigenvalue weighted by Gasteiger charge is -2.30. The van der Waals surface area contributed by atoms with E-state index in [2.05, 4.69) is 27.2 Å². The van der Waals surface area contributed by atoms with Gasteiger partial charge >= 0.3 is 0 Å². The first kappa shape index (κ1) is 29.0. The van der Waals surface area contributed by atoms with Crippen molar-refractivity contribution in [1.29, 1.82) is 0 Å². The lowest BCUT2D eigenvalue weighted by molar-refractivity contribution is -0.0208. The summed E-state index contributed by atoms with van der Waals surface area (Å²) in [5.41, 5.74) is 2.86. The number of sulfone groups is 1. The molecule has 1 fully saturated rings. The molecule has 9 nitrogen and oxygen atoms in total. The van der Waals surface area contributed by atoms with Gasteiger partial charge in [0.15, 0.2) is 0 Å². The largest absolute Gasteiger partial charge is 0.371 e. The molecule has 11 heteroatoms. The van der Waals surface area contributed by atoms with E-state index in [4.69, 9.17) is 16.3 Å². The number of anilines is 2. The van der Waals surface area contributed by atoms with Crippen LogP contribution in [0, 0.1) is 0 Å². The molecule has 5 aromatic rings. The molecule has 220 valence electrons. The molecule has 0 spiro atoms. The van der Waals surface area contributed by atoms with Crippen LogP contribution in [0.15, 0.2) is 99.6 Å². The number of halogens is 1. The fourth-order valence-corrected chi connectivity index (χ4v) is 6.87. The Bertz CT molecular complexity index is 1960. The summed E-state index contributed by atoms with van der Waals surface area (Å²) in [4.78, 5) is 25.3. The molecule has 0 aliphatic carbocycles. The lowest BCUT2D eigenvalue weighted by Crippen LogP contribution is -2.35. The number of morpholine rings is 1. The number of fused-ring (bicyclic) bond motifs is 1. The number of nitrogens with one attached hydrogen (secondary N) is 1. The van der Waals surface area contributed by atoms with Crippen molar-refractivity contribution in [1.82, 2.24) is 19.4 Å². The SMILES string of the molecule is CCn1c(=O)c(-c2ccc(S(=O)(=O)c3ccccc3)cc2Cl)cc2cnc(Nc3ccc(C4CN(C)CCO4)cc3)nc21. The van der Waals surface area contributed by atoms with Crippen LogP contribution >= 0.6 is 11.6 Å². The standard InChI is InChI=1S/C32H30ClN5O4S/c1-3-38-30-22(19-34-32(36-30)35-23-11-9-21(10-12-23)29-20-37(2)15-16-42-29)17-27(31(38)39)26-14-13-25(18-28(26)33)43(40,41)24-7-5-4-6-8-24/h4-14,17-19,29H,3,15-16,20H2,1-2H3,(H,34,35,36). The van der Waals surface area contributed by atoms with Crippen molar-refractivity contribution >= 4 is 44.1 Å². The van der Waals surface area contributed by atoms with E-state index < -0.39 is 9.84 Å². The highest BCUT2D eigenvalue weighted by molar-refractivity contribution is 7.91. The van der Waals surface area contributed by atoms with Crippen LogP contribution in [-0.2, 0) is 21.1 Å². The maximum atomic E-state index is 13.6. The van der Waals surface area contributed by atoms with Crippen LogP contribution in [0.5, 0.6) is 0 Å². The summed E-state index contributed by atoms with van der Waals surface area (Å²) in [5.74, 6) is 0.358. The monoisotopic (exact) mass is 615 g/mol. The minimum Gasteiger partial charge on any atom is -0.371 e. The van der Waals surface area contributed by atoms with Gasteiger partial charge in [0.1, 0.15) is 5.65 Å². The molecule has 2 aromatic heterocycles. The molecule has 1 atom stereocenters. The molecule has 0 saturated carbocycles. The summed E-state index contributed by atoms with van der Waals surface area (Å²) in [5, 5.41) is 4.03. The summed E-state index contributed by atoms with van der Waals surface area (Å²) in [6, 6.07) is 22.2. The van der Waals surface area contributed by atoms with Crippen LogP contribution in [0.2, 0.25) is 5.02 Å². The van der Waals surface area contributed by atoms with Crippen molar-refractivity contribution in [2.75, 3.05) is 32.1 Å². The van der Waals surface area contributed by atoms with E-state index in [1.165, 1.54) is 24.3 Å². The van der Waals surface area contributed by atoms with Gasteiger partial charge in [0.05, 0.1) is 22.5 Å². The number of aromatic nitrogens is 3. The summed E-state index contributed by atoms with van der Waals surface area (Å²) < 4.78 is 33.6. The maximum absolute atomic E-state index is 13.6. The normalized spacial score (nSPS) is 15.9. The smallest absolute Gasteiger partial charge is 0.260 e. The van der Waals surface area contributed by atoms with Crippen molar-refractivity contribution in [2.24, 2.45) is 0 Å². The van der Waals surface area contributed by atoms with E-state index in [1.54, 1.807) is 41.1 Å². The highest BCUT2D eigenvalue weighted by atomic mass is 35.5. The first-order chi connectivity index (χ1) is 20.7. The Morgan fingerprint density at radius 3 is 2.47 bits per heavy atom. The topological polar surface area (TPSA) is 106 Å². The second kappa shape index (κ2) is 11.9. The van der Waals surface area contributed by atoms with Crippen molar-refractivity contribution in [3.63, 3.8) is 0 Å². The van der Waals surface area contributed by atoms with E-state index >= 15 is 0 Å². The Morgan fingerprint density at radius 2 is 1.77 bits per heavy atom. The van der Waals surface area contributed by atoms with Gasteiger partial charge in [0.25, 0.3) is 5.56 Å². The minimum atomic E-state index is -3.76. The summed E-state index contributed by atoms with van der Waals surface area (Å²) in [7, 11) is -1.67. The Balaban J connectivity index is 1.30. The van der Waals surface area contributed by atoms with E-state index in [-0.39, 0.29) is 26.5 Å². The number of likely N-dealkylation sites (N-methyl/N-ethyl adjacent to an activating group) is 1. The number of nitrogens with zero attached hydrogens (tertiary/aromatic N) is 4. The summed E-state index contributed by atoms with van der Waals surface area (Å²) in [6.07, 6.45) is 1.69. The van der Waals surface area contributed by atoms with Crippen LogP contribution in [0.4, 0.5) is 11.6 Å². The second-order valence-corrected chi connectivity index (χ2v) is 12.8. The maximum Gasteiger partial charge on any atom is 0.260 e. The molecule has 0 amide bonds. The van der Waals surface area contributed by atoms with Crippen LogP contribution in [-0.4, -0.2) is 54.6 Å². The number of pyridine rings is 1. The quantitative estimate of drug-likeness (QED) is 0.248. The number of benzene rings is 3. The van der Waals surface area contributed by atoms with Gasteiger partial charge in [0, 0.05) is 53.1 Å². The molecule has 0 bridgehead atoms. The Kier molecular flexibility index (Phi) is 8.02. The molecule has 1 aliphatic heterocycles. The lowest BCUT2D eigenvalue weighted by atomic mass is 10.1. The van der Waals surface area contributed by atoms with Crippen molar-refractivity contribution in [2.45, 2.75) is 29.4 Å². The van der Waals surface area contributed by atoms with Crippen molar-refractivity contribution in [3.8, 4) is 11.1 Å². The Labute approximate surface area is 254 Å². The van der Waals surface area contributed by atoms with Gasteiger partial charge in [-0.1, -0.05) is 48.0 Å². The number of rotatable bonds is 7. The molecule has 3 aromatic carbocycles. The number of hydrogen-bond acceptors (Lipinski definition) is 8. The molecule has 1 unspecified atom stereocenters. The van der Waals surface area contributed by atoms with Gasteiger partial charge in [0.2, 0.25) is 15.8 Å². The number of hydrogen-bond donors (Lipinski definition) is 1. The van der Waals surface area contributed by atoms with E-state index in [0.717, 1.165) is 24.3 Å². The molecule has 1 saturated heterocycles. The molecule has 3 heterocycles. The number of ether oxygens (including phenoxy) is 1. The van der Waals surface area contributed by atoms with Gasteiger partial charge in [-0.05, 0) is 62.0 Å². The van der Waals surface area contributed by atoms with Gasteiger partial charge in [-0.2, -0.15) is 4.98 Å². The summed E-state index contributed by atoms with van der Waals surface area (Å²) >= 11 is 6.60. The van der Waals surface area contributed by atoms with E-state index in [9.17, 15) is 13.2 Å². The van der Waals surface area contributed by atoms with Crippen LogP contribution < -0.4 is 10.9 Å². The highest BCUT2D eigenvalue weighted by Gasteiger charge is 2.22. The van der Waals surface area contributed by atoms with Gasteiger partial charge < -0.3 is 15.0 Å². The fraction of sp³-hybridized carbons (Fsp3) is 0.219. The van der Waals surface area contributed by atoms with Crippen LogP contribution in [0.1, 0.15) is 18.6 Å². The van der Waals surface area contributed by atoms with E-state index in [1.807, 2.05) is 31.2 Å². The molecular formula is C32H30ClN5O4S. The zero-order valence-corrected chi connectivity index (χ0v) is 25.3. The Hall–Kier alpha value is -4.09. The molecule has 0 radical (unpaired) electrons. The van der Waals surface area contributed by atoms with Crippen molar-refractivity contribution in [3.05, 3.63) is 106 Å². The Morgan fingerprint density at radius 1 is 1.00 bits per heavy atom. The molecule has 1 N–H and O–H groups in total. The predicted octanol–water partition coefficient (Wildman–Crippen LogP) is 5.71. The molecule has 1 aliphatic rings. The second-order valence-electron chi connectivity index (χ2n) is 10.4. The third kappa shape index (κ3) is 5.79. The third-order valence-electron chi connectivity index (χ3n) is 7.55. The molecule has 43 heavy (non-hydrogen) atoms. The van der Waals surface area contributed by atoms with Crippen molar-refractivity contribution < 1.29 is 13.2 Å². The average Bonchev–Trinajstić information content (AvgIpc) is 3.02. The average molecular weight is 616 g/mol. The zero-order valence-electron chi connectivity index (χ0n) is 23.7. The predicted molar refractivity (Wildman–Crippen MR) is 168 cm³/mol. The summed E-state index contributed by atoms with van der Waals surface area (Å²) in [6.45, 7) is 4.71. The van der Waals surface area contributed by atoms with Crippen LogP contribution in [0.3, 0.4) is 0 Å². The first-order valence-corrected chi connectivity index (χ1v) is 15.8. The van der Waals surface area contributed by atoms with Gasteiger partial charge in [-0.3, -0.25) is 9.36 Å². The van der Waals surface area contributed by atoms with E-state index in [0.29, 0.717) is 41.3 Å². The van der Waals surface area contributed by atoms with Crippen LogP contribution in [0.25, 0.3) is 22.2 Å². The zero-order chi connectivity index (χ0) is 30.1. The highest BCUT2D eigenvalue weighted by Crippen LogP contribution is 2.32. The molecular weight excluding hydrogens is 586 g/mol. The van der Waals surface area contributed by atoms with Gasteiger partial charge in [-0.25, -0.2) is 13.4 Å². The third-order valence-corrected chi connectivity index (χ3v) is 9.63. The van der Waals surface area contributed by atoms with Gasteiger partial charge in [-0.15, -0.1) is 0 Å². The molecule has 6 rings (SSSR count).